The first-order chi connectivity index (χ1) is 13.8. The van der Waals surface area contributed by atoms with Gasteiger partial charge in [-0.05, 0) is 18.1 Å². The number of hydrogen-bond donors (Lipinski definition) is 2. The zero-order valence-corrected chi connectivity index (χ0v) is 18.1. The number of nitrogens with zero attached hydrogens (tertiary/aromatic N) is 1. The lowest BCUT2D eigenvalue weighted by atomic mass is 9.83. The van der Waals surface area contributed by atoms with Crippen molar-refractivity contribution in [1.82, 2.24) is 9.88 Å². The average molecular weight is 456 g/mol. The van der Waals surface area contributed by atoms with Gasteiger partial charge in [-0.1, -0.05) is 71.2 Å². The minimum atomic E-state index is -1.64. The monoisotopic (exact) mass is 454 g/mol. The summed E-state index contributed by atoms with van der Waals surface area (Å²) < 4.78 is 0.234. The van der Waals surface area contributed by atoms with Crippen molar-refractivity contribution in [3.8, 4) is 0 Å². The van der Waals surface area contributed by atoms with Crippen molar-refractivity contribution in [2.75, 3.05) is 13.1 Å². The van der Waals surface area contributed by atoms with Crippen LogP contribution < -0.4 is 15.8 Å². The van der Waals surface area contributed by atoms with Crippen LogP contribution in [0, 0.1) is 5.92 Å². The van der Waals surface area contributed by atoms with E-state index in [0.717, 1.165) is 29.1 Å². The Kier molecular flexibility index (Phi) is 5.94. The molecule has 3 heterocycles. The van der Waals surface area contributed by atoms with Crippen molar-refractivity contribution >= 4 is 40.7 Å². The number of rotatable bonds is 4. The third-order valence-corrected chi connectivity index (χ3v) is 6.52. The number of amides is 1. The van der Waals surface area contributed by atoms with Crippen LogP contribution in [0.4, 0.5) is 0 Å². The van der Waals surface area contributed by atoms with Gasteiger partial charge in [-0.25, -0.2) is 0 Å². The molecule has 29 heavy (non-hydrogen) atoms. The van der Waals surface area contributed by atoms with E-state index in [4.69, 9.17) is 34.8 Å². The fourth-order valence-electron chi connectivity index (χ4n) is 4.69. The molecule has 2 N–H and O–H groups in total. The molecule has 2 aliphatic heterocycles. The van der Waals surface area contributed by atoms with E-state index in [-0.39, 0.29) is 23.8 Å². The summed E-state index contributed by atoms with van der Waals surface area (Å²) in [6, 6.07) is 14.9. The molecule has 2 aromatic rings. The first-order valence-electron chi connectivity index (χ1n) is 9.75. The Hall–Kier alpha value is -1.53. The molecule has 0 radical (unpaired) electrons. The van der Waals surface area contributed by atoms with Crippen LogP contribution in [0.15, 0.2) is 53.3 Å². The predicted octanol–water partition coefficient (Wildman–Crippen LogP) is 1.91. The largest absolute Gasteiger partial charge is 0.312 e. The summed E-state index contributed by atoms with van der Waals surface area (Å²) in [7, 11) is 0. The number of hydrogen-bond acceptors (Lipinski definition) is 2. The van der Waals surface area contributed by atoms with Crippen LogP contribution >= 0.6 is 34.8 Å². The molecule has 2 aliphatic rings. The maximum absolute atomic E-state index is 12.7. The number of aromatic nitrogens is 1. The maximum Gasteiger partial charge on any atom is 0.262 e. The molecule has 0 spiro atoms. The van der Waals surface area contributed by atoms with Crippen molar-refractivity contribution in [2.24, 2.45) is 5.92 Å². The fraction of sp³-hybridized carbons (Fsp3) is 0.429. The summed E-state index contributed by atoms with van der Waals surface area (Å²) in [6.07, 6.45) is 0.588. The van der Waals surface area contributed by atoms with Crippen LogP contribution in [-0.2, 0) is 17.8 Å². The van der Waals surface area contributed by atoms with Gasteiger partial charge in [0.05, 0.1) is 19.5 Å². The molecule has 1 saturated heterocycles. The third-order valence-electron chi connectivity index (χ3n) is 5.87. The summed E-state index contributed by atoms with van der Waals surface area (Å²) in [5.74, 6) is 0.330. The Balaban J connectivity index is 1.53. The van der Waals surface area contributed by atoms with Gasteiger partial charge < -0.3 is 14.8 Å². The second kappa shape index (κ2) is 8.31. The number of carbonyl (C=O) groups is 1. The number of benzene rings is 1. The number of pyridine rings is 1. The summed E-state index contributed by atoms with van der Waals surface area (Å²) in [6.45, 7) is 2.10. The van der Waals surface area contributed by atoms with Gasteiger partial charge in [-0.3, -0.25) is 9.59 Å². The molecule has 1 aromatic heterocycles. The van der Waals surface area contributed by atoms with Gasteiger partial charge in [0.2, 0.25) is 12.1 Å². The van der Waals surface area contributed by atoms with Gasteiger partial charge in [0.15, 0.2) is 0 Å². The minimum absolute atomic E-state index is 0.0368. The van der Waals surface area contributed by atoms with Gasteiger partial charge in [0, 0.05) is 30.1 Å². The molecule has 0 aliphatic carbocycles. The van der Waals surface area contributed by atoms with Gasteiger partial charge in [-0.15, -0.1) is 0 Å². The average Bonchev–Trinajstić information content (AvgIpc) is 2.67. The topological polar surface area (TPSA) is 55.5 Å². The molecule has 4 atom stereocenters. The number of piperidine rings is 1. The number of halogens is 3. The van der Waals surface area contributed by atoms with Crippen LogP contribution in [0.5, 0.6) is 0 Å². The molecule has 1 fully saturated rings. The lowest BCUT2D eigenvalue weighted by Gasteiger charge is -2.44. The molecule has 154 valence electrons. The molecule has 0 saturated carbocycles. The van der Waals surface area contributed by atoms with Crippen LogP contribution in [0.25, 0.3) is 0 Å². The molecule has 1 unspecified atom stereocenters. The van der Waals surface area contributed by atoms with E-state index in [1.54, 1.807) is 12.1 Å². The second-order valence-corrected chi connectivity index (χ2v) is 10.3. The van der Waals surface area contributed by atoms with Crippen LogP contribution in [0.1, 0.15) is 23.6 Å². The smallest absolute Gasteiger partial charge is 0.262 e. The minimum Gasteiger partial charge on any atom is -0.312 e. The second-order valence-electron chi connectivity index (χ2n) is 7.97. The lowest BCUT2D eigenvalue weighted by Crippen LogP contribution is -3.21. The van der Waals surface area contributed by atoms with Gasteiger partial charge in [-0.2, -0.15) is 0 Å². The van der Waals surface area contributed by atoms with E-state index in [1.165, 1.54) is 0 Å². The number of alkyl halides is 3. The number of likely N-dealkylation sites (tertiary alicyclic amines) is 1. The van der Waals surface area contributed by atoms with E-state index >= 15 is 0 Å². The maximum atomic E-state index is 12.7. The molecular formula is C21H23Cl3N3O2+. The third kappa shape index (κ3) is 4.64. The highest BCUT2D eigenvalue weighted by Crippen LogP contribution is 2.33. The number of carbonyl (C=O) groups excluding carboxylic acids is 1. The predicted molar refractivity (Wildman–Crippen MR) is 115 cm³/mol. The normalized spacial score (nSPS) is 24.4. The highest BCUT2D eigenvalue weighted by atomic mass is 35.6. The number of quaternary nitrogens is 1. The number of fused-ring (bicyclic) bond motifs is 4. The van der Waals surface area contributed by atoms with Crippen molar-refractivity contribution < 1.29 is 9.69 Å². The first-order valence-corrected chi connectivity index (χ1v) is 10.9. The quantitative estimate of drug-likeness (QED) is 0.692. The summed E-state index contributed by atoms with van der Waals surface area (Å²) >= 11 is 18.9. The van der Waals surface area contributed by atoms with E-state index in [0.29, 0.717) is 19.0 Å². The van der Waals surface area contributed by atoms with Crippen LogP contribution in [-0.4, -0.2) is 33.5 Å². The van der Waals surface area contributed by atoms with E-state index < -0.39 is 9.96 Å². The summed E-state index contributed by atoms with van der Waals surface area (Å²) in [5, 5.41) is 2.96. The number of nitrogens with one attached hydrogen (secondary N) is 2. The SMILES string of the molecule is O=C(Cc1ccccc1)N[C@@H]([NH+]1C[C@@H]2C[C@H](C1)c1cccc(=O)n1C2)C(Cl)(Cl)Cl. The molecule has 2 bridgehead atoms. The molecule has 1 aromatic carbocycles. The van der Waals surface area contributed by atoms with Crippen LogP contribution in [0.2, 0.25) is 0 Å². The van der Waals surface area contributed by atoms with Gasteiger partial charge in [0.25, 0.3) is 9.35 Å². The van der Waals surface area contributed by atoms with E-state index in [1.807, 2.05) is 41.0 Å². The standard InChI is InChI=1S/C21H22Cl3N3O2/c22-21(23,24)20(25-18(28)10-14-5-2-1-3-6-14)26-11-15-9-16(13-26)17-7-4-8-19(29)27(17)12-15/h1-8,15-16,20H,9-13H2,(H,25,28)/p+1/t15-,16+,20-/m0/s1. The summed E-state index contributed by atoms with van der Waals surface area (Å²) in [4.78, 5) is 25.9. The Labute approximate surface area is 184 Å². The molecule has 4 rings (SSSR count). The van der Waals surface area contributed by atoms with Crippen molar-refractivity contribution in [3.05, 3.63) is 70.1 Å². The van der Waals surface area contributed by atoms with Crippen molar-refractivity contribution in [3.63, 3.8) is 0 Å². The van der Waals surface area contributed by atoms with Gasteiger partial charge >= 0.3 is 0 Å². The van der Waals surface area contributed by atoms with Crippen molar-refractivity contribution in [1.29, 1.82) is 0 Å². The van der Waals surface area contributed by atoms with E-state index in [9.17, 15) is 9.59 Å². The Bertz CT molecular complexity index is 942. The molecule has 8 heteroatoms. The Morgan fingerprint density at radius 1 is 1.14 bits per heavy atom. The Morgan fingerprint density at radius 2 is 1.90 bits per heavy atom. The van der Waals surface area contributed by atoms with Crippen LogP contribution in [0.3, 0.4) is 0 Å². The van der Waals surface area contributed by atoms with E-state index in [2.05, 4.69) is 5.32 Å². The zero-order chi connectivity index (χ0) is 20.6. The first kappa shape index (κ1) is 20.7. The molecule has 5 nitrogen and oxygen atoms in total. The van der Waals surface area contributed by atoms with Crippen molar-refractivity contribution in [2.45, 2.75) is 35.3 Å². The highest BCUT2D eigenvalue weighted by molar-refractivity contribution is 6.68. The van der Waals surface area contributed by atoms with Gasteiger partial charge in [0.1, 0.15) is 0 Å². The zero-order valence-electron chi connectivity index (χ0n) is 15.8. The highest BCUT2D eigenvalue weighted by Gasteiger charge is 2.47. The molecule has 1 amide bonds. The lowest BCUT2D eigenvalue weighted by molar-refractivity contribution is -0.937. The Morgan fingerprint density at radius 3 is 2.62 bits per heavy atom. The molecular weight excluding hydrogens is 433 g/mol. The summed E-state index contributed by atoms with van der Waals surface area (Å²) in [5.41, 5.74) is 1.98. The fourth-order valence-corrected chi connectivity index (χ4v) is 5.32.